The van der Waals surface area contributed by atoms with Crippen molar-refractivity contribution in [3.05, 3.63) is 35.9 Å². The Morgan fingerprint density at radius 1 is 1.14 bits per heavy atom. The second-order valence-electron chi connectivity index (χ2n) is 5.60. The van der Waals surface area contributed by atoms with Gasteiger partial charge >= 0.3 is 5.97 Å². The van der Waals surface area contributed by atoms with E-state index in [0.29, 0.717) is 18.9 Å². The normalized spacial score (nSPS) is 12.0. The highest BCUT2D eigenvalue weighted by molar-refractivity contribution is 5.78. The number of esters is 1. The van der Waals surface area contributed by atoms with Gasteiger partial charge in [-0.15, -0.1) is 0 Å². The molecule has 0 aliphatic carbocycles. The Bertz CT molecular complexity index is 456. The molecule has 1 amide bonds. The third kappa shape index (κ3) is 5.58. The van der Waals surface area contributed by atoms with Crippen LogP contribution < -0.4 is 0 Å². The zero-order valence-electron chi connectivity index (χ0n) is 13.3. The smallest absolute Gasteiger partial charge is 0.307 e. The molecule has 0 N–H and O–H groups in total. The van der Waals surface area contributed by atoms with Gasteiger partial charge in [-0.25, -0.2) is 0 Å². The molecule has 0 spiro atoms. The van der Waals surface area contributed by atoms with Crippen molar-refractivity contribution < 1.29 is 14.3 Å². The quantitative estimate of drug-likeness (QED) is 0.725. The molecular formula is C17H25NO3. The van der Waals surface area contributed by atoms with E-state index in [2.05, 4.69) is 4.74 Å². The van der Waals surface area contributed by atoms with Crippen LogP contribution in [0.2, 0.25) is 0 Å². The molecule has 0 saturated heterocycles. The molecule has 0 bridgehead atoms. The van der Waals surface area contributed by atoms with Gasteiger partial charge in [0.1, 0.15) is 0 Å². The van der Waals surface area contributed by atoms with Gasteiger partial charge in [0.2, 0.25) is 5.91 Å². The zero-order chi connectivity index (χ0) is 15.8. The molecule has 0 aliphatic heterocycles. The topological polar surface area (TPSA) is 46.6 Å². The number of nitrogens with zero attached hydrogens (tertiary/aromatic N) is 1. The summed E-state index contributed by atoms with van der Waals surface area (Å²) < 4.78 is 4.67. The number of hydrogen-bond donors (Lipinski definition) is 0. The van der Waals surface area contributed by atoms with E-state index in [4.69, 9.17) is 0 Å². The number of hydrogen-bond acceptors (Lipinski definition) is 3. The van der Waals surface area contributed by atoms with Crippen molar-refractivity contribution in [3.8, 4) is 0 Å². The van der Waals surface area contributed by atoms with Gasteiger partial charge in [-0.3, -0.25) is 9.59 Å². The lowest BCUT2D eigenvalue weighted by Gasteiger charge is -2.30. The Balaban J connectivity index is 2.84. The lowest BCUT2D eigenvalue weighted by atomic mass is 10.0. The highest BCUT2D eigenvalue weighted by Gasteiger charge is 2.22. The Labute approximate surface area is 127 Å². The first-order valence-corrected chi connectivity index (χ1v) is 7.37. The maximum atomic E-state index is 12.4. The van der Waals surface area contributed by atoms with E-state index in [1.165, 1.54) is 7.11 Å². The van der Waals surface area contributed by atoms with Gasteiger partial charge in [-0.1, -0.05) is 44.2 Å². The van der Waals surface area contributed by atoms with Crippen LogP contribution in [-0.2, 0) is 14.3 Å². The van der Waals surface area contributed by atoms with Gasteiger partial charge in [-0.05, 0) is 18.4 Å². The van der Waals surface area contributed by atoms with Crippen molar-refractivity contribution in [2.24, 2.45) is 5.92 Å². The summed E-state index contributed by atoms with van der Waals surface area (Å²) in [7, 11) is 1.36. The van der Waals surface area contributed by atoms with Crippen LogP contribution in [0.4, 0.5) is 0 Å². The molecule has 0 saturated carbocycles. The number of carbonyl (C=O) groups is 2. The van der Waals surface area contributed by atoms with Crippen LogP contribution in [0.1, 0.15) is 45.2 Å². The first kappa shape index (κ1) is 17.2. The Morgan fingerprint density at radius 2 is 1.76 bits per heavy atom. The van der Waals surface area contributed by atoms with Crippen molar-refractivity contribution in [1.29, 1.82) is 0 Å². The fourth-order valence-corrected chi connectivity index (χ4v) is 2.23. The maximum absolute atomic E-state index is 12.4. The van der Waals surface area contributed by atoms with Gasteiger partial charge in [0, 0.05) is 13.0 Å². The van der Waals surface area contributed by atoms with Crippen molar-refractivity contribution in [3.63, 3.8) is 0 Å². The summed E-state index contributed by atoms with van der Waals surface area (Å²) in [5, 5.41) is 0. The molecule has 21 heavy (non-hydrogen) atoms. The van der Waals surface area contributed by atoms with E-state index >= 15 is 0 Å². The molecule has 0 heterocycles. The van der Waals surface area contributed by atoms with Crippen LogP contribution in [0, 0.1) is 5.92 Å². The SMILES string of the molecule is COC(=O)CCN(C(=O)CC(C)C)C(C)c1ccccc1. The van der Waals surface area contributed by atoms with E-state index in [-0.39, 0.29) is 24.3 Å². The Hall–Kier alpha value is -1.84. The first-order valence-electron chi connectivity index (χ1n) is 7.37. The molecule has 1 rings (SSSR count). The van der Waals surface area contributed by atoms with Crippen molar-refractivity contribution in [1.82, 2.24) is 4.90 Å². The molecule has 0 radical (unpaired) electrons. The van der Waals surface area contributed by atoms with E-state index in [1.54, 1.807) is 4.90 Å². The van der Waals surface area contributed by atoms with E-state index in [9.17, 15) is 9.59 Å². The Kier molecular flexibility index (Phi) is 6.92. The highest BCUT2D eigenvalue weighted by atomic mass is 16.5. The first-order chi connectivity index (χ1) is 9.95. The highest BCUT2D eigenvalue weighted by Crippen LogP contribution is 2.22. The third-order valence-corrected chi connectivity index (χ3v) is 3.44. The van der Waals surface area contributed by atoms with Gasteiger partial charge in [0.15, 0.2) is 0 Å². The fourth-order valence-electron chi connectivity index (χ4n) is 2.23. The average molecular weight is 291 g/mol. The molecule has 0 fully saturated rings. The lowest BCUT2D eigenvalue weighted by molar-refractivity contribution is -0.142. The summed E-state index contributed by atoms with van der Waals surface area (Å²) in [4.78, 5) is 25.6. The van der Waals surface area contributed by atoms with Crippen LogP contribution in [0.3, 0.4) is 0 Å². The van der Waals surface area contributed by atoms with Crippen LogP contribution in [-0.4, -0.2) is 30.4 Å². The fraction of sp³-hybridized carbons (Fsp3) is 0.529. The van der Waals surface area contributed by atoms with Crippen LogP contribution in [0.25, 0.3) is 0 Å². The zero-order valence-corrected chi connectivity index (χ0v) is 13.3. The van der Waals surface area contributed by atoms with Crippen LogP contribution in [0.15, 0.2) is 30.3 Å². The van der Waals surface area contributed by atoms with E-state index in [0.717, 1.165) is 5.56 Å². The molecule has 1 aromatic carbocycles. The predicted octanol–water partition coefficient (Wildman–Crippen LogP) is 3.19. The molecule has 116 valence electrons. The predicted molar refractivity (Wildman–Crippen MR) is 82.7 cm³/mol. The summed E-state index contributed by atoms with van der Waals surface area (Å²) in [6.07, 6.45) is 0.704. The Morgan fingerprint density at radius 3 is 2.29 bits per heavy atom. The molecule has 1 aromatic rings. The minimum absolute atomic E-state index is 0.0536. The van der Waals surface area contributed by atoms with Crippen molar-refractivity contribution in [2.45, 2.75) is 39.7 Å². The van der Waals surface area contributed by atoms with E-state index < -0.39 is 0 Å². The number of carbonyl (C=O) groups excluding carboxylic acids is 2. The number of ether oxygens (including phenoxy) is 1. The summed E-state index contributed by atoms with van der Waals surface area (Å²) in [6.45, 7) is 6.41. The minimum Gasteiger partial charge on any atom is -0.469 e. The molecule has 4 heteroatoms. The van der Waals surface area contributed by atoms with Crippen LogP contribution in [0.5, 0.6) is 0 Å². The number of benzene rings is 1. The molecule has 0 aliphatic rings. The van der Waals surface area contributed by atoms with E-state index in [1.807, 2.05) is 51.1 Å². The van der Waals surface area contributed by atoms with Crippen molar-refractivity contribution >= 4 is 11.9 Å². The summed E-state index contributed by atoms with van der Waals surface area (Å²) in [6, 6.07) is 9.80. The minimum atomic E-state index is -0.294. The summed E-state index contributed by atoms with van der Waals surface area (Å²) in [5.41, 5.74) is 1.07. The van der Waals surface area contributed by atoms with Gasteiger partial charge in [-0.2, -0.15) is 0 Å². The van der Waals surface area contributed by atoms with Crippen molar-refractivity contribution in [2.75, 3.05) is 13.7 Å². The monoisotopic (exact) mass is 291 g/mol. The van der Waals surface area contributed by atoms with Gasteiger partial charge in [0.25, 0.3) is 0 Å². The second-order valence-corrected chi connectivity index (χ2v) is 5.60. The standard InChI is InChI=1S/C17H25NO3/c1-13(2)12-16(19)18(11-10-17(20)21-4)14(3)15-8-6-5-7-9-15/h5-9,13-14H,10-12H2,1-4H3. The maximum Gasteiger partial charge on any atom is 0.307 e. The third-order valence-electron chi connectivity index (χ3n) is 3.44. The molecule has 0 aromatic heterocycles. The molecule has 1 atom stereocenters. The second kappa shape index (κ2) is 8.45. The van der Waals surface area contributed by atoms with Gasteiger partial charge in [0.05, 0.1) is 19.6 Å². The van der Waals surface area contributed by atoms with Crippen LogP contribution >= 0.6 is 0 Å². The largest absolute Gasteiger partial charge is 0.469 e. The summed E-state index contributed by atoms with van der Waals surface area (Å²) in [5.74, 6) is 0.0731. The summed E-state index contributed by atoms with van der Waals surface area (Å²) >= 11 is 0. The number of methoxy groups -OCH3 is 1. The average Bonchev–Trinajstić information content (AvgIpc) is 2.47. The molecular weight excluding hydrogens is 266 g/mol. The van der Waals surface area contributed by atoms with Gasteiger partial charge < -0.3 is 9.64 Å². The molecule has 1 unspecified atom stereocenters. The molecule has 4 nitrogen and oxygen atoms in total. The number of amides is 1. The number of rotatable bonds is 7. The lowest BCUT2D eigenvalue weighted by Crippen LogP contribution is -2.36.